The van der Waals surface area contributed by atoms with Crippen LogP contribution < -0.4 is 51.4 Å². The Hall–Kier alpha value is -0.834. The van der Waals surface area contributed by atoms with E-state index in [1.807, 2.05) is 31.2 Å². The van der Waals surface area contributed by atoms with Crippen molar-refractivity contribution < 1.29 is 81.4 Å². The second-order valence-corrected chi connectivity index (χ2v) is 10.0. The molecule has 0 saturated heterocycles. The Bertz CT molecular complexity index is 836. The van der Waals surface area contributed by atoms with Gasteiger partial charge in [0.1, 0.15) is 18.0 Å². The third kappa shape index (κ3) is 24.4. The molecule has 0 spiro atoms. The number of hydrogen-bond donors (Lipinski definition) is 0. The van der Waals surface area contributed by atoms with Gasteiger partial charge in [-0.25, -0.2) is 0 Å². The molecule has 0 bridgehead atoms. The summed E-state index contributed by atoms with van der Waals surface area (Å²) in [7, 11) is 1.58. The van der Waals surface area contributed by atoms with Gasteiger partial charge in [0.05, 0.1) is 18.9 Å². The predicted molar refractivity (Wildman–Crippen MR) is 190 cm³/mol. The van der Waals surface area contributed by atoms with Crippen molar-refractivity contribution in [3.8, 4) is 0 Å². The van der Waals surface area contributed by atoms with E-state index in [4.69, 9.17) is 14.2 Å². The molecular weight excluding hydrogens is 579 g/mol. The number of methoxy groups -OCH3 is 1. The molecule has 2 rings (SSSR count). The number of rotatable bonds is 16. The molecule has 1 aromatic carbocycles. The molecule has 3 atom stereocenters. The maximum atomic E-state index is 12.9. The Morgan fingerprint density at radius 3 is 1.80 bits per heavy atom. The summed E-state index contributed by atoms with van der Waals surface area (Å²) in [6.45, 7) is 7.24. The van der Waals surface area contributed by atoms with Gasteiger partial charge in [-0.1, -0.05) is 128 Å². The number of carbonyl (C=O) groups excluding carboxylic acids is 3. The van der Waals surface area contributed by atoms with E-state index in [-0.39, 0.29) is 142 Å². The van der Waals surface area contributed by atoms with Crippen molar-refractivity contribution in [2.45, 2.75) is 161 Å². The van der Waals surface area contributed by atoms with Gasteiger partial charge in [-0.05, 0) is 49.7 Å². The maximum absolute atomic E-state index is 12.9. The summed E-state index contributed by atoms with van der Waals surface area (Å²) in [6, 6.07) is 8.02. The first kappa shape index (κ1) is 58.7. The molecule has 1 saturated carbocycles. The Morgan fingerprint density at radius 1 is 0.841 bits per heavy atom. The fourth-order valence-electron chi connectivity index (χ4n) is 4.87. The van der Waals surface area contributed by atoms with Crippen LogP contribution in [0.4, 0.5) is 0 Å². The SMILES string of the molecule is C.C.C.C.C.C.C.C=Cc1ccc(CCC(CC(C)=O)OC(=O)CC(CC2CCCCC2)OC(=O)CC(CC)OC)cc1.[H-].[K+]. The molecular formula is C37H73KO6. The van der Waals surface area contributed by atoms with E-state index in [1.54, 1.807) is 13.2 Å². The molecule has 44 heavy (non-hydrogen) atoms. The van der Waals surface area contributed by atoms with Gasteiger partial charge in [-0.3, -0.25) is 14.4 Å². The number of benzene rings is 1. The summed E-state index contributed by atoms with van der Waals surface area (Å²) < 4.78 is 16.9. The van der Waals surface area contributed by atoms with Gasteiger partial charge in [0, 0.05) is 13.5 Å². The van der Waals surface area contributed by atoms with Gasteiger partial charge in [0.15, 0.2) is 0 Å². The van der Waals surface area contributed by atoms with Crippen LogP contribution in [0, 0.1) is 5.92 Å². The summed E-state index contributed by atoms with van der Waals surface area (Å²) in [4.78, 5) is 37.3. The number of aryl methyl sites for hydroxylation is 1. The van der Waals surface area contributed by atoms with Crippen LogP contribution in [-0.2, 0) is 35.0 Å². The molecule has 0 N–H and O–H groups in total. The second-order valence-electron chi connectivity index (χ2n) is 10.0. The van der Waals surface area contributed by atoms with Crippen LogP contribution in [0.1, 0.15) is 149 Å². The molecule has 0 amide bonds. The summed E-state index contributed by atoms with van der Waals surface area (Å²) in [6.07, 6.45) is 9.31. The normalized spacial score (nSPS) is 13.5. The fourth-order valence-corrected chi connectivity index (χ4v) is 4.87. The Balaban J connectivity index is -0.000000254. The van der Waals surface area contributed by atoms with E-state index in [2.05, 4.69) is 6.58 Å². The summed E-state index contributed by atoms with van der Waals surface area (Å²) in [5, 5.41) is 0. The molecule has 1 fully saturated rings. The quantitative estimate of drug-likeness (QED) is 0.134. The van der Waals surface area contributed by atoms with Crippen LogP contribution in [0.2, 0.25) is 0 Å². The molecule has 6 nitrogen and oxygen atoms in total. The number of hydrogen-bond acceptors (Lipinski definition) is 6. The van der Waals surface area contributed by atoms with Crippen molar-refractivity contribution >= 4 is 23.8 Å². The zero-order valence-electron chi connectivity index (χ0n) is 24.3. The Kier molecular flexibility index (Phi) is 44.7. The van der Waals surface area contributed by atoms with Crippen molar-refractivity contribution in [3.05, 3.63) is 42.0 Å². The zero-order valence-corrected chi connectivity index (χ0v) is 26.5. The molecule has 1 aromatic rings. The average molecular weight is 653 g/mol. The molecule has 1 aliphatic carbocycles. The number of carbonyl (C=O) groups is 3. The summed E-state index contributed by atoms with van der Waals surface area (Å²) >= 11 is 0. The van der Waals surface area contributed by atoms with Gasteiger partial charge < -0.3 is 15.6 Å². The van der Waals surface area contributed by atoms with Crippen molar-refractivity contribution in [1.82, 2.24) is 0 Å². The minimum absolute atomic E-state index is 0. The van der Waals surface area contributed by atoms with Crippen molar-refractivity contribution in [1.29, 1.82) is 0 Å². The van der Waals surface area contributed by atoms with Crippen LogP contribution >= 0.6 is 0 Å². The average Bonchev–Trinajstić information content (AvgIpc) is 2.86. The van der Waals surface area contributed by atoms with Crippen molar-refractivity contribution in [2.75, 3.05) is 7.11 Å². The van der Waals surface area contributed by atoms with E-state index < -0.39 is 18.2 Å². The molecule has 7 heteroatoms. The molecule has 3 unspecified atom stereocenters. The Morgan fingerprint density at radius 2 is 1.34 bits per heavy atom. The van der Waals surface area contributed by atoms with Gasteiger partial charge >= 0.3 is 63.3 Å². The first-order chi connectivity index (χ1) is 17.3. The van der Waals surface area contributed by atoms with Crippen molar-refractivity contribution in [2.24, 2.45) is 5.92 Å². The topological polar surface area (TPSA) is 78.9 Å². The fraction of sp³-hybridized carbons (Fsp3) is 0.703. The first-order valence-electron chi connectivity index (χ1n) is 13.4. The molecule has 0 heterocycles. The smallest absolute Gasteiger partial charge is 1.00 e. The summed E-state index contributed by atoms with van der Waals surface area (Å²) in [5.41, 5.74) is 2.15. The summed E-state index contributed by atoms with van der Waals surface area (Å²) in [5.74, 6) is -0.346. The van der Waals surface area contributed by atoms with Crippen LogP contribution in [-0.4, -0.2) is 43.1 Å². The number of ether oxygens (including phenoxy) is 3. The minimum Gasteiger partial charge on any atom is -1.00 e. The van der Waals surface area contributed by atoms with Crippen molar-refractivity contribution in [3.63, 3.8) is 0 Å². The third-order valence-electron chi connectivity index (χ3n) is 6.98. The van der Waals surface area contributed by atoms with Gasteiger partial charge in [-0.15, -0.1) is 0 Å². The monoisotopic (exact) mass is 653 g/mol. The second kappa shape index (κ2) is 33.5. The molecule has 0 aliphatic heterocycles. The number of ketones is 1. The predicted octanol–water partition coefficient (Wildman–Crippen LogP) is 7.81. The third-order valence-corrected chi connectivity index (χ3v) is 6.98. The van der Waals surface area contributed by atoms with E-state index in [0.717, 1.165) is 24.0 Å². The maximum Gasteiger partial charge on any atom is 1.00 e. The Labute approximate surface area is 318 Å². The van der Waals surface area contributed by atoms with E-state index in [0.29, 0.717) is 31.6 Å². The van der Waals surface area contributed by atoms with Gasteiger partial charge in [0.2, 0.25) is 0 Å². The first-order valence-corrected chi connectivity index (χ1v) is 13.4. The van der Waals surface area contributed by atoms with Crippen LogP contribution in [0.5, 0.6) is 0 Å². The minimum atomic E-state index is -0.521. The number of Topliss-reactive ketones (excluding diaryl/α,β-unsaturated/α-hetero) is 1. The zero-order chi connectivity index (χ0) is 26.3. The van der Waals surface area contributed by atoms with Crippen LogP contribution in [0.15, 0.2) is 30.8 Å². The van der Waals surface area contributed by atoms with E-state index >= 15 is 0 Å². The van der Waals surface area contributed by atoms with Gasteiger partial charge in [0.25, 0.3) is 0 Å². The molecule has 258 valence electrons. The number of esters is 2. The van der Waals surface area contributed by atoms with Gasteiger partial charge in [-0.2, -0.15) is 0 Å². The molecule has 0 aromatic heterocycles. The van der Waals surface area contributed by atoms with Crippen LogP contribution in [0.25, 0.3) is 6.08 Å². The van der Waals surface area contributed by atoms with Crippen LogP contribution in [0.3, 0.4) is 0 Å². The standard InChI is InChI=1S/C30H44O6.7CH4.K.H/c1-5-23-12-14-24(15-13-23)16-17-27(18-22(3)31)35-30(33)21-28(19-25-10-8-7-9-11-25)36-29(32)20-26(6-2)34-4;;;;;;;;;/h5,12-15,25-28H,1,6-11,16-21H2,2-4H3;7*1H4;;/q;;;;;;;;+1;-1. The largest absolute Gasteiger partial charge is 1.00 e. The molecule has 1 aliphatic rings. The molecule has 0 radical (unpaired) electrons. The van der Waals surface area contributed by atoms with E-state index in [1.165, 1.54) is 26.2 Å². The van der Waals surface area contributed by atoms with E-state index in [9.17, 15) is 14.4 Å².